The maximum absolute atomic E-state index is 12.0. The highest BCUT2D eigenvalue weighted by molar-refractivity contribution is 5.94. The highest BCUT2D eigenvalue weighted by Gasteiger charge is 2.11. The molecule has 1 amide bonds. The summed E-state index contributed by atoms with van der Waals surface area (Å²) in [5.41, 5.74) is 0.198. The molecule has 0 heterocycles. The van der Waals surface area contributed by atoms with E-state index in [2.05, 4.69) is 10.1 Å². The van der Waals surface area contributed by atoms with E-state index in [1.807, 2.05) is 0 Å². The number of ether oxygens (including phenoxy) is 1. The topological polar surface area (TPSA) is 58.6 Å². The molecule has 0 aliphatic carbocycles. The SMILES string of the molecule is C[C@@H](CO)NC(=O)c1cccc(OC(F)F)c1. The summed E-state index contributed by atoms with van der Waals surface area (Å²) in [5, 5.41) is 11.3. The summed E-state index contributed by atoms with van der Waals surface area (Å²) in [6, 6.07) is 5.06. The Labute approximate surface area is 97.2 Å². The number of hydrogen-bond donors (Lipinski definition) is 2. The summed E-state index contributed by atoms with van der Waals surface area (Å²) in [4.78, 5) is 11.6. The van der Waals surface area contributed by atoms with Crippen LogP contribution in [0.15, 0.2) is 24.3 Å². The summed E-state index contributed by atoms with van der Waals surface area (Å²) in [6.45, 7) is -1.50. The molecular formula is C11H13F2NO3. The molecule has 1 atom stereocenters. The molecule has 0 radical (unpaired) electrons. The number of halogens is 2. The normalized spacial score (nSPS) is 12.3. The molecule has 0 saturated carbocycles. The summed E-state index contributed by atoms with van der Waals surface area (Å²) >= 11 is 0. The molecule has 2 N–H and O–H groups in total. The zero-order valence-electron chi connectivity index (χ0n) is 9.19. The number of nitrogens with one attached hydrogen (secondary N) is 1. The van der Waals surface area contributed by atoms with Crippen molar-refractivity contribution in [2.24, 2.45) is 0 Å². The minimum Gasteiger partial charge on any atom is -0.435 e. The first kappa shape index (κ1) is 13.4. The number of benzene rings is 1. The van der Waals surface area contributed by atoms with Crippen molar-refractivity contribution in [2.45, 2.75) is 19.6 Å². The summed E-state index contributed by atoms with van der Waals surface area (Å²) < 4.78 is 28.1. The Bertz CT molecular complexity index is 385. The van der Waals surface area contributed by atoms with Crippen LogP contribution < -0.4 is 10.1 Å². The number of rotatable bonds is 5. The van der Waals surface area contributed by atoms with Gasteiger partial charge in [0.15, 0.2) is 0 Å². The smallest absolute Gasteiger partial charge is 0.387 e. The van der Waals surface area contributed by atoms with Crippen molar-refractivity contribution in [3.05, 3.63) is 29.8 Å². The number of carbonyl (C=O) groups is 1. The molecular weight excluding hydrogens is 232 g/mol. The van der Waals surface area contributed by atoms with Crippen LogP contribution in [0.4, 0.5) is 8.78 Å². The fourth-order valence-electron chi connectivity index (χ4n) is 1.17. The molecule has 17 heavy (non-hydrogen) atoms. The Hall–Kier alpha value is -1.69. The van der Waals surface area contributed by atoms with Crippen LogP contribution in [0.25, 0.3) is 0 Å². The minimum absolute atomic E-state index is 0.0794. The van der Waals surface area contributed by atoms with E-state index in [0.717, 1.165) is 0 Å². The molecule has 0 aliphatic rings. The van der Waals surface area contributed by atoms with Gasteiger partial charge in [0.1, 0.15) is 5.75 Å². The number of amides is 1. The molecule has 0 aromatic heterocycles. The van der Waals surface area contributed by atoms with Crippen LogP contribution in [-0.2, 0) is 0 Å². The third-order valence-electron chi connectivity index (χ3n) is 1.97. The predicted octanol–water partition coefficient (Wildman–Crippen LogP) is 1.40. The van der Waals surface area contributed by atoms with Gasteiger partial charge in [-0.05, 0) is 25.1 Å². The Morgan fingerprint density at radius 3 is 2.82 bits per heavy atom. The van der Waals surface area contributed by atoms with Crippen LogP contribution >= 0.6 is 0 Å². The maximum Gasteiger partial charge on any atom is 0.387 e. The fraction of sp³-hybridized carbons (Fsp3) is 0.364. The highest BCUT2D eigenvalue weighted by Crippen LogP contribution is 2.15. The predicted molar refractivity (Wildman–Crippen MR) is 57.1 cm³/mol. The van der Waals surface area contributed by atoms with Crippen molar-refractivity contribution in [2.75, 3.05) is 6.61 Å². The van der Waals surface area contributed by atoms with Gasteiger partial charge in [-0.15, -0.1) is 0 Å². The van der Waals surface area contributed by atoms with Crippen LogP contribution in [0.2, 0.25) is 0 Å². The van der Waals surface area contributed by atoms with Crippen molar-refractivity contribution < 1.29 is 23.4 Å². The Kier molecular flexibility index (Phi) is 4.84. The van der Waals surface area contributed by atoms with Crippen LogP contribution in [0, 0.1) is 0 Å². The van der Waals surface area contributed by atoms with E-state index < -0.39 is 18.6 Å². The van der Waals surface area contributed by atoms with Crippen molar-refractivity contribution in [3.63, 3.8) is 0 Å². The first-order chi connectivity index (χ1) is 8.02. The highest BCUT2D eigenvalue weighted by atomic mass is 19.3. The average molecular weight is 245 g/mol. The zero-order chi connectivity index (χ0) is 12.8. The lowest BCUT2D eigenvalue weighted by Crippen LogP contribution is -2.34. The lowest BCUT2D eigenvalue weighted by molar-refractivity contribution is -0.0498. The lowest BCUT2D eigenvalue weighted by atomic mass is 10.2. The van der Waals surface area contributed by atoms with Gasteiger partial charge in [0.05, 0.1) is 6.61 Å². The van der Waals surface area contributed by atoms with Gasteiger partial charge in [-0.3, -0.25) is 4.79 Å². The van der Waals surface area contributed by atoms with E-state index in [1.54, 1.807) is 6.92 Å². The summed E-state index contributed by atoms with van der Waals surface area (Å²) in [7, 11) is 0. The van der Waals surface area contributed by atoms with E-state index in [9.17, 15) is 13.6 Å². The fourth-order valence-corrected chi connectivity index (χ4v) is 1.17. The van der Waals surface area contributed by atoms with Gasteiger partial charge in [-0.2, -0.15) is 8.78 Å². The minimum atomic E-state index is -2.93. The Morgan fingerprint density at radius 2 is 2.24 bits per heavy atom. The van der Waals surface area contributed by atoms with Gasteiger partial charge in [0.2, 0.25) is 0 Å². The molecule has 1 aromatic rings. The second-order valence-electron chi connectivity index (χ2n) is 3.46. The van der Waals surface area contributed by atoms with Crippen LogP contribution in [-0.4, -0.2) is 30.3 Å². The lowest BCUT2D eigenvalue weighted by Gasteiger charge is -2.11. The second kappa shape index (κ2) is 6.15. The second-order valence-corrected chi connectivity index (χ2v) is 3.46. The molecule has 0 aliphatic heterocycles. The Balaban J connectivity index is 2.73. The van der Waals surface area contributed by atoms with Crippen LogP contribution in [0.3, 0.4) is 0 Å². The van der Waals surface area contributed by atoms with Crippen LogP contribution in [0.1, 0.15) is 17.3 Å². The number of hydrogen-bond acceptors (Lipinski definition) is 3. The summed E-state index contributed by atoms with van der Waals surface area (Å²) in [5.74, 6) is -0.532. The van der Waals surface area contributed by atoms with Crippen molar-refractivity contribution >= 4 is 5.91 Å². The quantitative estimate of drug-likeness (QED) is 0.824. The molecule has 1 rings (SSSR count). The zero-order valence-corrected chi connectivity index (χ0v) is 9.19. The molecule has 0 saturated heterocycles. The molecule has 6 heteroatoms. The maximum atomic E-state index is 12.0. The van der Waals surface area contributed by atoms with Crippen LogP contribution in [0.5, 0.6) is 5.75 Å². The molecule has 94 valence electrons. The molecule has 0 spiro atoms. The van der Waals surface area contributed by atoms with E-state index in [-0.39, 0.29) is 17.9 Å². The van der Waals surface area contributed by atoms with Gasteiger partial charge in [0.25, 0.3) is 5.91 Å². The molecule has 4 nitrogen and oxygen atoms in total. The summed E-state index contributed by atoms with van der Waals surface area (Å²) in [6.07, 6.45) is 0. The van der Waals surface area contributed by atoms with E-state index in [0.29, 0.717) is 0 Å². The average Bonchev–Trinajstić information content (AvgIpc) is 2.28. The third-order valence-corrected chi connectivity index (χ3v) is 1.97. The van der Waals surface area contributed by atoms with Gasteiger partial charge in [-0.1, -0.05) is 6.07 Å². The largest absolute Gasteiger partial charge is 0.435 e. The first-order valence-corrected chi connectivity index (χ1v) is 4.99. The van der Waals surface area contributed by atoms with Gasteiger partial charge in [0, 0.05) is 11.6 Å². The van der Waals surface area contributed by atoms with Crippen molar-refractivity contribution in [3.8, 4) is 5.75 Å². The molecule has 1 aromatic carbocycles. The third kappa shape index (κ3) is 4.36. The molecule has 0 unspecified atom stereocenters. The van der Waals surface area contributed by atoms with Gasteiger partial charge in [-0.25, -0.2) is 0 Å². The van der Waals surface area contributed by atoms with Crippen molar-refractivity contribution in [1.29, 1.82) is 0 Å². The Morgan fingerprint density at radius 1 is 1.53 bits per heavy atom. The van der Waals surface area contributed by atoms with Crippen molar-refractivity contribution in [1.82, 2.24) is 5.32 Å². The standard InChI is InChI=1S/C11H13F2NO3/c1-7(6-15)14-10(16)8-3-2-4-9(5-8)17-11(12)13/h2-5,7,11,15H,6H2,1H3,(H,14,16)/t7-/m0/s1. The monoisotopic (exact) mass is 245 g/mol. The molecule has 0 bridgehead atoms. The van der Waals surface area contributed by atoms with Gasteiger partial charge >= 0.3 is 6.61 Å². The number of aliphatic hydroxyl groups excluding tert-OH is 1. The van der Waals surface area contributed by atoms with E-state index in [4.69, 9.17) is 5.11 Å². The van der Waals surface area contributed by atoms with E-state index >= 15 is 0 Å². The van der Waals surface area contributed by atoms with Gasteiger partial charge < -0.3 is 15.2 Å². The molecule has 0 fully saturated rings. The van der Waals surface area contributed by atoms with E-state index in [1.165, 1.54) is 24.3 Å². The number of alkyl halides is 2. The number of carbonyl (C=O) groups excluding carboxylic acids is 1. The number of aliphatic hydroxyl groups is 1. The first-order valence-electron chi connectivity index (χ1n) is 4.99.